The number of hydrogen-bond acceptors (Lipinski definition) is 3. The van der Waals surface area contributed by atoms with E-state index in [0.29, 0.717) is 6.04 Å². The average molecular weight is 251 g/mol. The van der Waals surface area contributed by atoms with E-state index in [1.165, 1.54) is 12.0 Å². The van der Waals surface area contributed by atoms with Crippen LogP contribution in [-0.2, 0) is 0 Å². The molecular formula is C15H25NO2. The highest BCUT2D eigenvalue weighted by Crippen LogP contribution is 2.31. The Morgan fingerprint density at radius 2 is 1.72 bits per heavy atom. The summed E-state index contributed by atoms with van der Waals surface area (Å²) in [4.78, 5) is 0. The van der Waals surface area contributed by atoms with Gasteiger partial charge in [0, 0.05) is 6.04 Å². The smallest absolute Gasteiger partial charge is 0.161 e. The molecule has 0 aliphatic carbocycles. The molecule has 1 aromatic carbocycles. The maximum atomic E-state index is 5.34. The molecule has 0 amide bonds. The number of hydrogen-bond donors (Lipinski definition) is 1. The monoisotopic (exact) mass is 251 g/mol. The second-order valence-electron chi connectivity index (χ2n) is 4.93. The normalized spacial score (nSPS) is 12.6. The minimum absolute atomic E-state index is 0.368. The van der Waals surface area contributed by atoms with Crippen LogP contribution in [0.1, 0.15) is 38.3 Å². The lowest BCUT2D eigenvalue weighted by atomic mass is 9.97. The molecule has 0 heterocycles. The van der Waals surface area contributed by atoms with E-state index in [0.717, 1.165) is 23.8 Å². The molecule has 1 aromatic rings. The first-order chi connectivity index (χ1) is 8.62. The largest absolute Gasteiger partial charge is 0.493 e. The Bertz CT molecular complexity index is 364. The van der Waals surface area contributed by atoms with Crippen LogP contribution in [0.25, 0.3) is 0 Å². The third-order valence-corrected chi connectivity index (χ3v) is 3.19. The van der Waals surface area contributed by atoms with Gasteiger partial charge in [0.2, 0.25) is 0 Å². The van der Waals surface area contributed by atoms with E-state index in [9.17, 15) is 0 Å². The van der Waals surface area contributed by atoms with Crippen LogP contribution in [0, 0.1) is 5.92 Å². The van der Waals surface area contributed by atoms with E-state index in [4.69, 9.17) is 9.47 Å². The molecule has 1 N–H and O–H groups in total. The van der Waals surface area contributed by atoms with Gasteiger partial charge in [-0.1, -0.05) is 19.9 Å². The Hall–Kier alpha value is -1.22. The van der Waals surface area contributed by atoms with Crippen LogP contribution < -0.4 is 14.8 Å². The van der Waals surface area contributed by atoms with Crippen molar-refractivity contribution in [1.82, 2.24) is 5.32 Å². The molecule has 3 nitrogen and oxygen atoms in total. The fourth-order valence-electron chi connectivity index (χ4n) is 2.05. The summed E-state index contributed by atoms with van der Waals surface area (Å²) < 4.78 is 10.6. The number of nitrogens with one attached hydrogen (secondary N) is 1. The van der Waals surface area contributed by atoms with Crippen molar-refractivity contribution in [1.29, 1.82) is 0 Å². The van der Waals surface area contributed by atoms with E-state index in [2.05, 4.69) is 31.3 Å². The number of rotatable bonds is 7. The van der Waals surface area contributed by atoms with Gasteiger partial charge in [0.25, 0.3) is 0 Å². The van der Waals surface area contributed by atoms with Gasteiger partial charge < -0.3 is 14.8 Å². The summed E-state index contributed by atoms with van der Waals surface area (Å²) in [5.74, 6) is 2.29. The van der Waals surface area contributed by atoms with E-state index in [1.54, 1.807) is 14.2 Å². The molecule has 0 bridgehead atoms. The zero-order valence-corrected chi connectivity index (χ0v) is 12.1. The van der Waals surface area contributed by atoms with Crippen LogP contribution in [0.5, 0.6) is 11.5 Å². The second kappa shape index (κ2) is 7.27. The molecular weight excluding hydrogens is 226 g/mol. The molecule has 0 spiro atoms. The lowest BCUT2D eigenvalue weighted by molar-refractivity contribution is 0.353. The van der Waals surface area contributed by atoms with E-state index < -0.39 is 0 Å². The zero-order chi connectivity index (χ0) is 13.5. The summed E-state index contributed by atoms with van der Waals surface area (Å²) in [6.45, 7) is 4.50. The summed E-state index contributed by atoms with van der Waals surface area (Å²) >= 11 is 0. The highest BCUT2D eigenvalue weighted by molar-refractivity contribution is 5.43. The van der Waals surface area contributed by atoms with Gasteiger partial charge in [-0.3, -0.25) is 0 Å². The first-order valence-corrected chi connectivity index (χ1v) is 6.51. The Balaban J connectivity index is 2.85. The lowest BCUT2D eigenvalue weighted by Gasteiger charge is -2.19. The van der Waals surface area contributed by atoms with Gasteiger partial charge in [0.15, 0.2) is 11.5 Å². The predicted octanol–water partition coefficient (Wildman–Crippen LogP) is 3.40. The van der Waals surface area contributed by atoms with Gasteiger partial charge in [-0.25, -0.2) is 0 Å². The third-order valence-electron chi connectivity index (χ3n) is 3.19. The minimum atomic E-state index is 0.368. The summed E-state index contributed by atoms with van der Waals surface area (Å²) in [7, 11) is 5.33. The van der Waals surface area contributed by atoms with Gasteiger partial charge >= 0.3 is 0 Å². The van der Waals surface area contributed by atoms with Crippen LogP contribution in [0.15, 0.2) is 18.2 Å². The van der Waals surface area contributed by atoms with Crippen LogP contribution in [0.2, 0.25) is 0 Å². The Kier molecular flexibility index (Phi) is 5.99. The van der Waals surface area contributed by atoms with Gasteiger partial charge in [-0.15, -0.1) is 0 Å². The van der Waals surface area contributed by atoms with Crippen molar-refractivity contribution in [2.75, 3.05) is 21.3 Å². The average Bonchev–Trinajstić information content (AvgIpc) is 2.38. The van der Waals surface area contributed by atoms with Crippen molar-refractivity contribution in [2.45, 2.75) is 32.7 Å². The van der Waals surface area contributed by atoms with Crippen LogP contribution >= 0.6 is 0 Å². The van der Waals surface area contributed by atoms with E-state index in [1.807, 2.05) is 13.1 Å². The lowest BCUT2D eigenvalue weighted by Crippen LogP contribution is -2.17. The standard InChI is InChI=1S/C15H25NO2/c1-11(2)6-8-13(16-3)12-7-9-14(17-4)15(10-12)18-5/h7,9-11,13,16H,6,8H2,1-5H3. The highest BCUT2D eigenvalue weighted by atomic mass is 16.5. The van der Waals surface area contributed by atoms with Crippen molar-refractivity contribution in [2.24, 2.45) is 5.92 Å². The maximum Gasteiger partial charge on any atom is 0.161 e. The quantitative estimate of drug-likeness (QED) is 0.805. The third kappa shape index (κ3) is 3.91. The van der Waals surface area contributed by atoms with Crippen molar-refractivity contribution < 1.29 is 9.47 Å². The summed E-state index contributed by atoms with van der Waals surface area (Å²) in [5, 5.41) is 3.37. The summed E-state index contributed by atoms with van der Waals surface area (Å²) in [5.41, 5.74) is 1.25. The summed E-state index contributed by atoms with van der Waals surface area (Å²) in [6, 6.07) is 6.49. The Labute approximate surface area is 110 Å². The molecule has 0 aliphatic rings. The molecule has 0 radical (unpaired) electrons. The van der Waals surface area contributed by atoms with Gasteiger partial charge in [-0.05, 0) is 43.5 Å². The van der Waals surface area contributed by atoms with Gasteiger partial charge in [0.05, 0.1) is 14.2 Å². The van der Waals surface area contributed by atoms with Gasteiger partial charge in [-0.2, -0.15) is 0 Å². The Morgan fingerprint density at radius 1 is 1.06 bits per heavy atom. The molecule has 1 unspecified atom stereocenters. The molecule has 1 rings (SSSR count). The molecule has 3 heteroatoms. The Morgan fingerprint density at radius 3 is 2.22 bits per heavy atom. The number of benzene rings is 1. The molecule has 0 aliphatic heterocycles. The predicted molar refractivity (Wildman–Crippen MR) is 75.4 cm³/mol. The summed E-state index contributed by atoms with van der Waals surface area (Å²) in [6.07, 6.45) is 2.34. The molecule has 102 valence electrons. The maximum absolute atomic E-state index is 5.34. The van der Waals surface area contributed by atoms with Crippen LogP contribution in [0.4, 0.5) is 0 Å². The van der Waals surface area contributed by atoms with Crippen LogP contribution in [-0.4, -0.2) is 21.3 Å². The first kappa shape index (κ1) is 14.8. The van der Waals surface area contributed by atoms with Crippen molar-refractivity contribution in [3.8, 4) is 11.5 Å². The molecule has 1 atom stereocenters. The zero-order valence-electron chi connectivity index (χ0n) is 12.1. The first-order valence-electron chi connectivity index (χ1n) is 6.51. The topological polar surface area (TPSA) is 30.5 Å². The van der Waals surface area contributed by atoms with Crippen molar-refractivity contribution in [3.63, 3.8) is 0 Å². The minimum Gasteiger partial charge on any atom is -0.493 e. The van der Waals surface area contributed by atoms with Crippen LogP contribution in [0.3, 0.4) is 0 Å². The molecule has 0 saturated heterocycles. The fraction of sp³-hybridized carbons (Fsp3) is 0.600. The highest BCUT2D eigenvalue weighted by Gasteiger charge is 2.13. The van der Waals surface area contributed by atoms with Crippen molar-refractivity contribution in [3.05, 3.63) is 23.8 Å². The molecule has 0 aromatic heterocycles. The fourth-order valence-corrected chi connectivity index (χ4v) is 2.05. The molecule has 0 fully saturated rings. The number of methoxy groups -OCH3 is 2. The van der Waals surface area contributed by atoms with E-state index >= 15 is 0 Å². The SMILES string of the molecule is CNC(CCC(C)C)c1ccc(OC)c(OC)c1. The van der Waals surface area contributed by atoms with Crippen molar-refractivity contribution >= 4 is 0 Å². The molecule has 0 saturated carbocycles. The van der Waals surface area contributed by atoms with Gasteiger partial charge in [0.1, 0.15) is 0 Å². The molecule has 18 heavy (non-hydrogen) atoms. The van der Waals surface area contributed by atoms with E-state index in [-0.39, 0.29) is 0 Å². The second-order valence-corrected chi connectivity index (χ2v) is 4.93. The number of ether oxygens (including phenoxy) is 2.